The zero-order valence-corrected chi connectivity index (χ0v) is 19.5. The number of anilines is 1. The SMILES string of the molecule is CCCCOc1ccc2nc3cc(Cl)ccc3c(NCCCSCCCl)c2[nH+]1.[Cl-]. The lowest BCUT2D eigenvalue weighted by Crippen LogP contribution is -3.00. The third-order valence-electron chi connectivity index (χ3n) is 4.36. The number of fused-ring (bicyclic) bond motifs is 2. The number of thioether (sulfide) groups is 1. The smallest absolute Gasteiger partial charge is 0.366 e. The third-order valence-corrected chi connectivity index (χ3v) is 6.08. The van der Waals surface area contributed by atoms with Gasteiger partial charge in [0.15, 0.2) is 0 Å². The van der Waals surface area contributed by atoms with E-state index in [1.807, 2.05) is 42.1 Å². The molecule has 0 aliphatic rings. The van der Waals surface area contributed by atoms with Crippen molar-refractivity contribution in [3.05, 3.63) is 35.4 Å². The molecule has 0 spiro atoms. The number of alkyl halides is 1. The first kappa shape index (κ1) is 24.1. The highest BCUT2D eigenvalue weighted by Gasteiger charge is 2.17. The topological polar surface area (TPSA) is 48.3 Å². The van der Waals surface area contributed by atoms with E-state index in [1.165, 1.54) is 0 Å². The molecule has 0 amide bonds. The molecule has 4 nitrogen and oxygen atoms in total. The van der Waals surface area contributed by atoms with Crippen LogP contribution in [0.25, 0.3) is 21.9 Å². The van der Waals surface area contributed by atoms with Gasteiger partial charge >= 0.3 is 5.88 Å². The molecule has 0 aliphatic heterocycles. The minimum Gasteiger partial charge on any atom is -1.00 e. The van der Waals surface area contributed by atoms with Crippen molar-refractivity contribution in [1.29, 1.82) is 0 Å². The molecule has 0 saturated heterocycles. The van der Waals surface area contributed by atoms with Crippen LogP contribution in [0.15, 0.2) is 30.3 Å². The van der Waals surface area contributed by atoms with Gasteiger partial charge < -0.3 is 22.5 Å². The molecular formula is C21H26Cl3N3OS. The van der Waals surface area contributed by atoms with E-state index in [4.69, 9.17) is 32.9 Å². The van der Waals surface area contributed by atoms with Crippen LogP contribution in [0.4, 0.5) is 5.69 Å². The van der Waals surface area contributed by atoms with Crippen LogP contribution in [0.3, 0.4) is 0 Å². The zero-order chi connectivity index (χ0) is 19.8. The maximum atomic E-state index is 6.19. The van der Waals surface area contributed by atoms with Gasteiger partial charge in [-0.25, -0.2) is 4.98 Å². The van der Waals surface area contributed by atoms with Crippen molar-refractivity contribution >= 4 is 62.6 Å². The molecule has 2 heterocycles. The van der Waals surface area contributed by atoms with Gasteiger partial charge in [-0.2, -0.15) is 16.7 Å². The fourth-order valence-electron chi connectivity index (χ4n) is 2.96. The van der Waals surface area contributed by atoms with E-state index >= 15 is 0 Å². The Kier molecular flexibility index (Phi) is 10.4. The summed E-state index contributed by atoms with van der Waals surface area (Å²) in [5.74, 6) is 3.54. The predicted molar refractivity (Wildman–Crippen MR) is 122 cm³/mol. The second kappa shape index (κ2) is 12.5. The minimum atomic E-state index is 0. The second-order valence-corrected chi connectivity index (χ2v) is 8.55. The molecule has 0 bridgehead atoms. The standard InChI is InChI=1S/C21H25Cl2N3OS.ClH/c1-2-3-11-27-19-8-7-17-21(26-19)20(24-10-4-12-28-13-9-22)16-6-5-15(23)14-18(16)25-17;/h5-8,14H,2-4,9-13H2,1H3,(H,24,25);1H. The van der Waals surface area contributed by atoms with Crippen LogP contribution in [-0.2, 0) is 0 Å². The molecule has 2 aromatic heterocycles. The van der Waals surface area contributed by atoms with E-state index < -0.39 is 0 Å². The number of aromatic amines is 1. The predicted octanol–water partition coefficient (Wildman–Crippen LogP) is 2.81. The van der Waals surface area contributed by atoms with Crippen LogP contribution < -0.4 is 27.4 Å². The summed E-state index contributed by atoms with van der Waals surface area (Å²) in [6.45, 7) is 3.73. The van der Waals surface area contributed by atoms with E-state index in [9.17, 15) is 0 Å². The first-order chi connectivity index (χ1) is 13.7. The molecule has 0 unspecified atom stereocenters. The number of ether oxygens (including phenoxy) is 1. The number of benzene rings is 1. The van der Waals surface area contributed by atoms with Crippen molar-refractivity contribution in [2.75, 3.05) is 35.9 Å². The van der Waals surface area contributed by atoms with Gasteiger partial charge in [-0.15, -0.1) is 11.6 Å². The molecule has 3 rings (SSSR count). The molecule has 3 aromatic rings. The van der Waals surface area contributed by atoms with Crippen LogP contribution in [0.2, 0.25) is 5.02 Å². The second-order valence-electron chi connectivity index (χ2n) is 6.51. The van der Waals surface area contributed by atoms with Gasteiger partial charge in [0.05, 0.1) is 18.2 Å². The monoisotopic (exact) mass is 473 g/mol. The molecule has 0 atom stereocenters. The highest BCUT2D eigenvalue weighted by Crippen LogP contribution is 2.30. The lowest BCUT2D eigenvalue weighted by Gasteiger charge is -2.11. The van der Waals surface area contributed by atoms with Gasteiger partial charge in [-0.1, -0.05) is 24.9 Å². The molecular weight excluding hydrogens is 449 g/mol. The van der Waals surface area contributed by atoms with Crippen molar-refractivity contribution in [3.8, 4) is 5.88 Å². The van der Waals surface area contributed by atoms with E-state index in [2.05, 4.69) is 17.2 Å². The number of pyridine rings is 2. The van der Waals surface area contributed by atoms with Gasteiger partial charge in [0.2, 0.25) is 0 Å². The molecule has 158 valence electrons. The highest BCUT2D eigenvalue weighted by atomic mass is 35.5. The van der Waals surface area contributed by atoms with Crippen molar-refractivity contribution < 1.29 is 22.1 Å². The Bertz CT molecular complexity index is 926. The summed E-state index contributed by atoms with van der Waals surface area (Å²) in [7, 11) is 0. The van der Waals surface area contributed by atoms with Crippen molar-refractivity contribution in [2.45, 2.75) is 26.2 Å². The summed E-state index contributed by atoms with van der Waals surface area (Å²) in [6, 6.07) is 9.76. The van der Waals surface area contributed by atoms with E-state index in [0.717, 1.165) is 70.8 Å². The number of halogens is 3. The number of rotatable bonds is 11. The lowest BCUT2D eigenvalue weighted by atomic mass is 10.1. The molecule has 0 fully saturated rings. The number of hydrogen-bond acceptors (Lipinski definition) is 4. The Morgan fingerprint density at radius 1 is 1.14 bits per heavy atom. The summed E-state index contributed by atoms with van der Waals surface area (Å²) in [5, 5.41) is 5.34. The van der Waals surface area contributed by atoms with Crippen LogP contribution >= 0.6 is 35.0 Å². The van der Waals surface area contributed by atoms with E-state index in [-0.39, 0.29) is 12.4 Å². The van der Waals surface area contributed by atoms with Crippen molar-refractivity contribution in [2.24, 2.45) is 0 Å². The first-order valence-corrected chi connectivity index (χ1v) is 11.8. The third kappa shape index (κ3) is 6.68. The highest BCUT2D eigenvalue weighted by molar-refractivity contribution is 7.99. The average Bonchev–Trinajstić information content (AvgIpc) is 2.70. The maximum absolute atomic E-state index is 6.19. The van der Waals surface area contributed by atoms with Crippen LogP contribution in [0.1, 0.15) is 26.2 Å². The summed E-state index contributed by atoms with van der Waals surface area (Å²) >= 11 is 13.8. The van der Waals surface area contributed by atoms with Crippen LogP contribution in [0, 0.1) is 0 Å². The largest absolute Gasteiger partial charge is 1.00 e. The van der Waals surface area contributed by atoms with Gasteiger partial charge in [0, 0.05) is 28.6 Å². The molecule has 1 aromatic carbocycles. The van der Waals surface area contributed by atoms with Crippen molar-refractivity contribution in [1.82, 2.24) is 4.98 Å². The summed E-state index contributed by atoms with van der Waals surface area (Å²) in [6.07, 6.45) is 3.20. The normalized spacial score (nSPS) is 10.9. The average molecular weight is 475 g/mol. The fourth-order valence-corrected chi connectivity index (χ4v) is 4.12. The molecule has 0 saturated carbocycles. The first-order valence-electron chi connectivity index (χ1n) is 9.68. The number of nitrogens with one attached hydrogen (secondary N) is 2. The minimum absolute atomic E-state index is 0. The van der Waals surface area contributed by atoms with Crippen LogP contribution in [-0.4, -0.2) is 35.5 Å². The number of H-pyrrole nitrogens is 1. The Balaban J connectivity index is 0.00000300. The van der Waals surface area contributed by atoms with Gasteiger partial charge in [-0.3, -0.25) is 0 Å². The Morgan fingerprint density at radius 3 is 2.79 bits per heavy atom. The maximum Gasteiger partial charge on any atom is 0.366 e. The molecule has 29 heavy (non-hydrogen) atoms. The van der Waals surface area contributed by atoms with Crippen molar-refractivity contribution in [3.63, 3.8) is 0 Å². The van der Waals surface area contributed by atoms with Gasteiger partial charge in [0.25, 0.3) is 5.52 Å². The lowest BCUT2D eigenvalue weighted by molar-refractivity contribution is -0.362. The number of unbranched alkanes of at least 4 members (excludes halogenated alkanes) is 1. The van der Waals surface area contributed by atoms with Gasteiger partial charge in [0.1, 0.15) is 11.2 Å². The molecule has 0 radical (unpaired) electrons. The summed E-state index contributed by atoms with van der Waals surface area (Å²) in [5.41, 5.74) is 3.76. The Labute approximate surface area is 192 Å². The molecule has 2 N–H and O–H groups in total. The van der Waals surface area contributed by atoms with E-state index in [0.29, 0.717) is 17.5 Å². The fraction of sp³-hybridized carbons (Fsp3) is 0.429. The summed E-state index contributed by atoms with van der Waals surface area (Å²) < 4.78 is 5.86. The number of hydrogen-bond donors (Lipinski definition) is 1. The van der Waals surface area contributed by atoms with E-state index in [1.54, 1.807) is 0 Å². The number of nitrogens with zero attached hydrogens (tertiary/aromatic N) is 1. The Morgan fingerprint density at radius 2 is 2.00 bits per heavy atom. The van der Waals surface area contributed by atoms with Gasteiger partial charge in [-0.05, 0) is 42.9 Å². The molecule has 8 heteroatoms. The number of aromatic nitrogens is 2. The summed E-state index contributed by atoms with van der Waals surface area (Å²) in [4.78, 5) is 8.19. The quantitative estimate of drug-likeness (QED) is 0.264. The molecule has 0 aliphatic carbocycles. The Hall–Kier alpha value is -1.14. The van der Waals surface area contributed by atoms with Crippen LogP contribution in [0.5, 0.6) is 5.88 Å². The zero-order valence-electron chi connectivity index (χ0n) is 16.4.